The number of rotatable bonds is 8. The lowest BCUT2D eigenvalue weighted by Crippen LogP contribution is -2.19. The molecule has 0 aliphatic heterocycles. The molecule has 0 aliphatic rings. The molecule has 0 unspecified atom stereocenters. The topological polar surface area (TPSA) is 37.0 Å². The summed E-state index contributed by atoms with van der Waals surface area (Å²) in [6.07, 6.45) is 7.31. The average molecular weight is 207 g/mol. The van der Waals surface area contributed by atoms with Gasteiger partial charge in [-0.15, -0.1) is 0 Å². The molecule has 0 atom stereocenters. The molecule has 2 N–H and O–H groups in total. The van der Waals surface area contributed by atoms with Crippen LogP contribution < -0.4 is 10.6 Å². The van der Waals surface area contributed by atoms with Gasteiger partial charge in [-0.2, -0.15) is 0 Å². The first-order valence-corrected chi connectivity index (χ1v) is 5.67. The van der Waals surface area contributed by atoms with E-state index in [1.807, 2.05) is 25.5 Å². The van der Waals surface area contributed by atoms with Crippen LogP contribution in [0.5, 0.6) is 0 Å². The van der Waals surface area contributed by atoms with Crippen LogP contribution in [0.4, 0.5) is 0 Å². The van der Waals surface area contributed by atoms with Crippen LogP contribution in [-0.4, -0.2) is 31.7 Å². The lowest BCUT2D eigenvalue weighted by atomic mass is 10.2. The smallest absolute Gasteiger partial charge is 0.0300 e. The highest BCUT2D eigenvalue weighted by molar-refractivity contribution is 5.08. The van der Waals surface area contributed by atoms with Crippen LogP contribution in [-0.2, 0) is 6.42 Å². The molecule has 0 saturated heterocycles. The van der Waals surface area contributed by atoms with Crippen LogP contribution in [0.1, 0.15) is 18.4 Å². The summed E-state index contributed by atoms with van der Waals surface area (Å²) in [5, 5.41) is 6.59. The van der Waals surface area contributed by atoms with E-state index in [1.54, 1.807) is 0 Å². The van der Waals surface area contributed by atoms with Crippen molar-refractivity contribution >= 4 is 0 Å². The fourth-order valence-corrected chi connectivity index (χ4v) is 1.46. The van der Waals surface area contributed by atoms with Gasteiger partial charge in [0.25, 0.3) is 0 Å². The zero-order chi connectivity index (χ0) is 10.8. The maximum Gasteiger partial charge on any atom is 0.0300 e. The Hall–Kier alpha value is -0.930. The Morgan fingerprint density at radius 2 is 2.07 bits per heavy atom. The quantitative estimate of drug-likeness (QED) is 0.629. The molecule has 3 heteroatoms. The van der Waals surface area contributed by atoms with Gasteiger partial charge in [-0.3, -0.25) is 4.98 Å². The van der Waals surface area contributed by atoms with Crippen molar-refractivity contribution in [3.8, 4) is 0 Å². The fraction of sp³-hybridized carbons (Fsp3) is 0.583. The van der Waals surface area contributed by atoms with Gasteiger partial charge in [0.2, 0.25) is 0 Å². The second-order valence-electron chi connectivity index (χ2n) is 3.67. The van der Waals surface area contributed by atoms with Crippen molar-refractivity contribution in [2.75, 3.05) is 26.7 Å². The summed E-state index contributed by atoms with van der Waals surface area (Å²) in [6, 6.07) is 4.11. The molecule has 1 rings (SSSR count). The molecule has 3 nitrogen and oxygen atoms in total. The van der Waals surface area contributed by atoms with Crippen molar-refractivity contribution in [3.63, 3.8) is 0 Å². The van der Waals surface area contributed by atoms with Crippen LogP contribution in [0.25, 0.3) is 0 Å². The third-order valence-electron chi connectivity index (χ3n) is 2.34. The molecule has 1 heterocycles. The molecule has 0 spiro atoms. The van der Waals surface area contributed by atoms with Crippen molar-refractivity contribution in [2.24, 2.45) is 0 Å². The minimum atomic E-state index is 1.05. The highest BCUT2D eigenvalue weighted by Crippen LogP contribution is 1.95. The van der Waals surface area contributed by atoms with Gasteiger partial charge in [-0.1, -0.05) is 6.07 Å². The zero-order valence-electron chi connectivity index (χ0n) is 9.50. The lowest BCUT2D eigenvalue weighted by molar-refractivity contribution is 0.606. The Labute approximate surface area is 92.3 Å². The molecule has 1 aromatic rings. The van der Waals surface area contributed by atoms with Gasteiger partial charge < -0.3 is 10.6 Å². The highest BCUT2D eigenvalue weighted by atomic mass is 14.8. The molecule has 0 fully saturated rings. The summed E-state index contributed by atoms with van der Waals surface area (Å²) in [6.45, 7) is 3.28. The largest absolute Gasteiger partial charge is 0.320 e. The van der Waals surface area contributed by atoms with Crippen molar-refractivity contribution in [3.05, 3.63) is 30.1 Å². The van der Waals surface area contributed by atoms with Crippen LogP contribution in [0, 0.1) is 0 Å². The van der Waals surface area contributed by atoms with Crippen molar-refractivity contribution in [1.82, 2.24) is 15.6 Å². The molecule has 15 heavy (non-hydrogen) atoms. The predicted molar refractivity (Wildman–Crippen MR) is 64.0 cm³/mol. The zero-order valence-corrected chi connectivity index (χ0v) is 9.50. The SMILES string of the molecule is CNCCCCNCCc1cccnc1. The summed E-state index contributed by atoms with van der Waals surface area (Å²) in [5.41, 5.74) is 1.31. The Balaban J connectivity index is 1.93. The molecule has 84 valence electrons. The van der Waals surface area contributed by atoms with Crippen molar-refractivity contribution in [1.29, 1.82) is 0 Å². The molecular weight excluding hydrogens is 186 g/mol. The maximum atomic E-state index is 4.09. The van der Waals surface area contributed by atoms with Crippen LogP contribution in [0.2, 0.25) is 0 Å². The van der Waals surface area contributed by atoms with Gasteiger partial charge in [-0.05, 0) is 57.6 Å². The minimum Gasteiger partial charge on any atom is -0.320 e. The standard InChI is InChI=1S/C12H21N3/c1-13-7-2-3-8-14-10-6-12-5-4-9-15-11-12/h4-5,9,11,13-14H,2-3,6-8,10H2,1H3. The molecule has 0 radical (unpaired) electrons. The molecule has 0 amide bonds. The molecular formula is C12H21N3. The first kappa shape index (κ1) is 12.1. The van der Waals surface area contributed by atoms with Crippen LogP contribution >= 0.6 is 0 Å². The predicted octanol–water partition coefficient (Wildman–Crippen LogP) is 1.21. The van der Waals surface area contributed by atoms with E-state index in [0.29, 0.717) is 0 Å². The molecule has 0 aromatic carbocycles. The lowest BCUT2D eigenvalue weighted by Gasteiger charge is -2.04. The number of aromatic nitrogens is 1. The number of nitrogens with one attached hydrogen (secondary N) is 2. The Morgan fingerprint density at radius 3 is 2.80 bits per heavy atom. The van der Waals surface area contributed by atoms with Gasteiger partial charge in [0, 0.05) is 12.4 Å². The van der Waals surface area contributed by atoms with E-state index < -0.39 is 0 Å². The number of unbranched alkanes of at least 4 members (excludes halogenated alkanes) is 1. The minimum absolute atomic E-state index is 1.05. The summed E-state index contributed by atoms with van der Waals surface area (Å²) < 4.78 is 0. The van der Waals surface area contributed by atoms with Gasteiger partial charge in [0.1, 0.15) is 0 Å². The number of hydrogen-bond acceptors (Lipinski definition) is 3. The monoisotopic (exact) mass is 207 g/mol. The molecule has 0 saturated carbocycles. The van der Waals surface area contributed by atoms with Gasteiger partial charge in [0.15, 0.2) is 0 Å². The highest BCUT2D eigenvalue weighted by Gasteiger charge is 1.92. The molecule has 0 bridgehead atoms. The summed E-state index contributed by atoms with van der Waals surface area (Å²) in [5.74, 6) is 0. The Kier molecular flexibility index (Phi) is 6.79. The van der Waals surface area contributed by atoms with Crippen LogP contribution in [0.3, 0.4) is 0 Å². The second kappa shape index (κ2) is 8.38. The summed E-state index contributed by atoms with van der Waals surface area (Å²) in [4.78, 5) is 4.09. The fourth-order valence-electron chi connectivity index (χ4n) is 1.46. The van der Waals surface area contributed by atoms with Crippen molar-refractivity contribution in [2.45, 2.75) is 19.3 Å². The normalized spacial score (nSPS) is 10.5. The van der Waals surface area contributed by atoms with E-state index in [4.69, 9.17) is 0 Å². The van der Waals surface area contributed by atoms with Crippen molar-refractivity contribution < 1.29 is 0 Å². The number of nitrogens with zero attached hydrogens (tertiary/aromatic N) is 1. The van der Waals surface area contributed by atoms with Gasteiger partial charge >= 0.3 is 0 Å². The van der Waals surface area contributed by atoms with Gasteiger partial charge in [-0.25, -0.2) is 0 Å². The van der Waals surface area contributed by atoms with E-state index >= 15 is 0 Å². The van der Waals surface area contributed by atoms with E-state index in [-0.39, 0.29) is 0 Å². The number of pyridine rings is 1. The second-order valence-corrected chi connectivity index (χ2v) is 3.67. The first-order chi connectivity index (χ1) is 7.43. The summed E-state index contributed by atoms with van der Waals surface area (Å²) >= 11 is 0. The number of hydrogen-bond donors (Lipinski definition) is 2. The Bertz CT molecular complexity index is 236. The van der Waals surface area contributed by atoms with E-state index in [2.05, 4.69) is 21.7 Å². The first-order valence-electron chi connectivity index (χ1n) is 5.67. The van der Waals surface area contributed by atoms with E-state index in [9.17, 15) is 0 Å². The molecule has 0 aliphatic carbocycles. The third-order valence-corrected chi connectivity index (χ3v) is 2.34. The maximum absolute atomic E-state index is 4.09. The summed E-state index contributed by atoms with van der Waals surface area (Å²) in [7, 11) is 2.00. The van der Waals surface area contributed by atoms with E-state index in [0.717, 1.165) is 26.1 Å². The van der Waals surface area contributed by atoms with Gasteiger partial charge in [0.05, 0.1) is 0 Å². The van der Waals surface area contributed by atoms with Crippen LogP contribution in [0.15, 0.2) is 24.5 Å². The Morgan fingerprint density at radius 1 is 1.20 bits per heavy atom. The molecule has 1 aromatic heterocycles. The average Bonchev–Trinajstić information content (AvgIpc) is 2.29. The van der Waals surface area contributed by atoms with E-state index in [1.165, 1.54) is 18.4 Å². The third kappa shape index (κ3) is 6.20.